The first-order valence-electron chi connectivity index (χ1n) is 29.2. The number of aliphatic hydroxyl groups excluding tert-OH is 2. The Morgan fingerprint density at radius 3 is 1.65 bits per heavy atom. The summed E-state index contributed by atoms with van der Waals surface area (Å²) in [5.41, 5.74) is 3.97. The number of carbonyl (C=O) groups excluding carboxylic acids is 8. The van der Waals surface area contributed by atoms with Gasteiger partial charge in [-0.1, -0.05) is 67.1 Å². The molecule has 6 amide bonds. The largest absolute Gasteiger partial charge is 0.467 e. The number of methoxy groups -OCH3 is 2. The number of nitrogens with one attached hydrogen (secondary N) is 2. The minimum atomic E-state index is -1.05. The Kier molecular flexibility index (Phi) is 20.2. The summed E-state index contributed by atoms with van der Waals surface area (Å²) in [7, 11) is 2.47. The number of ether oxygens (including phenoxy) is 6. The second-order valence-corrected chi connectivity index (χ2v) is 22.7. The van der Waals surface area contributed by atoms with Crippen LogP contribution in [0.15, 0.2) is 103 Å². The second kappa shape index (κ2) is 28.3. The highest BCUT2D eigenvalue weighted by atomic mass is 35.5. The number of fused-ring (bicyclic) bond motifs is 6. The van der Waals surface area contributed by atoms with Gasteiger partial charge < -0.3 is 59.1 Å². The van der Waals surface area contributed by atoms with Crippen LogP contribution in [0.1, 0.15) is 91.9 Å². The Balaban J connectivity index is 0.888. The average Bonchev–Trinajstić information content (AvgIpc) is 1.62. The zero-order valence-electron chi connectivity index (χ0n) is 48.4. The Morgan fingerprint density at radius 1 is 0.625 bits per heavy atom. The number of halogens is 2. The molecule has 0 aliphatic carbocycles. The number of nitrogens with zero attached hydrogens (tertiary/aromatic N) is 3. The molecule has 88 heavy (non-hydrogen) atoms. The zero-order valence-corrected chi connectivity index (χ0v) is 49.9. The van der Waals surface area contributed by atoms with Gasteiger partial charge in [0.05, 0.1) is 37.8 Å². The molecule has 5 aliphatic heterocycles. The first kappa shape index (κ1) is 62.9. The van der Waals surface area contributed by atoms with Crippen molar-refractivity contribution < 1.29 is 77.0 Å². The first-order valence-corrected chi connectivity index (χ1v) is 30.2. The second-order valence-electron chi connectivity index (χ2n) is 22.1. The first-order chi connectivity index (χ1) is 42.5. The van der Waals surface area contributed by atoms with Crippen LogP contribution in [0.3, 0.4) is 0 Å². The quantitative estimate of drug-likeness (QED) is 0.0172. The summed E-state index contributed by atoms with van der Waals surface area (Å²) in [5.74, 6) is -2.99. The molecule has 5 aliphatic rings. The van der Waals surface area contributed by atoms with Crippen LogP contribution in [-0.2, 0) is 57.3 Å². The van der Waals surface area contributed by atoms with Crippen LogP contribution in [0.5, 0.6) is 11.5 Å². The molecule has 0 radical (unpaired) electrons. The number of amides is 6. The van der Waals surface area contributed by atoms with Crippen molar-refractivity contribution in [3.63, 3.8) is 0 Å². The third-order valence-electron chi connectivity index (χ3n) is 16.2. The van der Waals surface area contributed by atoms with Gasteiger partial charge in [-0.25, -0.2) is 9.59 Å². The molecule has 5 heterocycles. The van der Waals surface area contributed by atoms with Gasteiger partial charge in [0.2, 0.25) is 24.4 Å². The molecule has 23 heteroatoms. The number of benzene rings is 5. The van der Waals surface area contributed by atoms with Gasteiger partial charge in [-0.05, 0) is 64.1 Å². The molecule has 0 aromatic heterocycles. The SMILES string of the molecule is COC(=O)[C@@H]1C[C@H](O)C[C@H](Oc2cc3c(c4ccccc24)[C@H](CCl)CN3C(=O)/C=C/c2ccc(/C=C/C(=O)N3C[C@@H](CCl)c4c3cc(O[C@H]3C[C@@H](O)C[C@@H](C(=O)OC)O3)c3ccccc43)c(NC(=O)CCNC(=O)CCCCCN3C(=O)C=CC3=O)c2)O1. The number of anilines is 3. The Bertz CT molecular complexity index is 3610. The molecule has 5 aromatic rings. The van der Waals surface area contributed by atoms with Crippen LogP contribution in [0.4, 0.5) is 17.1 Å². The van der Waals surface area contributed by atoms with Gasteiger partial charge in [-0.3, -0.25) is 33.7 Å². The fourth-order valence-electron chi connectivity index (χ4n) is 11.9. The van der Waals surface area contributed by atoms with Crippen molar-refractivity contribution >= 4 is 121 Å². The summed E-state index contributed by atoms with van der Waals surface area (Å²) in [5, 5.41) is 30.1. The topological polar surface area (TPSA) is 266 Å². The lowest BCUT2D eigenvalue weighted by Gasteiger charge is -2.32. The van der Waals surface area contributed by atoms with Crippen molar-refractivity contribution in [3.05, 3.63) is 125 Å². The Morgan fingerprint density at radius 2 is 1.14 bits per heavy atom. The fraction of sp³-hybridized carbons (Fsp3) is 0.385. The van der Waals surface area contributed by atoms with Gasteiger partial charge in [-0.15, -0.1) is 23.2 Å². The molecule has 4 N–H and O–H groups in total. The van der Waals surface area contributed by atoms with Crippen LogP contribution < -0.4 is 29.9 Å². The number of unbranched alkanes of at least 4 members (excludes halogenated alkanes) is 2. The van der Waals surface area contributed by atoms with Crippen molar-refractivity contribution in [3.8, 4) is 11.5 Å². The van der Waals surface area contributed by atoms with E-state index in [0.29, 0.717) is 64.0 Å². The molecule has 2 fully saturated rings. The van der Waals surface area contributed by atoms with E-state index < -0.39 is 66.7 Å². The van der Waals surface area contributed by atoms with Crippen LogP contribution in [0.2, 0.25) is 0 Å². The smallest absolute Gasteiger partial charge is 0.335 e. The molecule has 0 saturated carbocycles. The third-order valence-corrected chi connectivity index (χ3v) is 16.9. The normalized spacial score (nSPS) is 22.4. The molecule has 462 valence electrons. The van der Waals surface area contributed by atoms with Crippen molar-refractivity contribution in [1.82, 2.24) is 10.2 Å². The van der Waals surface area contributed by atoms with E-state index in [1.807, 2.05) is 48.5 Å². The van der Waals surface area contributed by atoms with E-state index in [1.165, 1.54) is 38.5 Å². The van der Waals surface area contributed by atoms with Crippen LogP contribution in [0, 0.1) is 0 Å². The maximum atomic E-state index is 14.6. The van der Waals surface area contributed by atoms with Crippen molar-refractivity contribution in [1.29, 1.82) is 0 Å². The van der Waals surface area contributed by atoms with E-state index in [-0.39, 0.29) is 112 Å². The summed E-state index contributed by atoms with van der Waals surface area (Å²) in [6.45, 7) is 0.725. The van der Waals surface area contributed by atoms with Crippen molar-refractivity contribution in [2.45, 2.75) is 107 Å². The number of esters is 2. The maximum Gasteiger partial charge on any atom is 0.335 e. The monoisotopic (exact) mass is 1240 g/mol. The maximum absolute atomic E-state index is 14.6. The molecule has 0 spiro atoms. The number of carbonyl (C=O) groups is 8. The number of alkyl halides is 2. The summed E-state index contributed by atoms with van der Waals surface area (Å²) in [6.07, 6.45) is 4.40. The van der Waals surface area contributed by atoms with Crippen LogP contribution >= 0.6 is 23.2 Å². The number of hydrogen-bond donors (Lipinski definition) is 4. The lowest BCUT2D eigenvalue weighted by molar-refractivity contribution is -0.197. The summed E-state index contributed by atoms with van der Waals surface area (Å²) in [4.78, 5) is 109. The highest BCUT2D eigenvalue weighted by Gasteiger charge is 2.40. The zero-order chi connectivity index (χ0) is 62.2. The van der Waals surface area contributed by atoms with Crippen LogP contribution in [0.25, 0.3) is 33.7 Å². The van der Waals surface area contributed by atoms with E-state index >= 15 is 0 Å². The number of hydrogen-bond acceptors (Lipinski definition) is 16. The van der Waals surface area contributed by atoms with Gasteiger partial charge in [0.15, 0.2) is 12.2 Å². The highest BCUT2D eigenvalue weighted by Crippen LogP contribution is 2.48. The van der Waals surface area contributed by atoms with E-state index in [4.69, 9.17) is 51.6 Å². The molecule has 0 unspecified atom stereocenters. The van der Waals surface area contributed by atoms with Gasteiger partial charge in [0, 0.05) is 141 Å². The average molecular weight is 1250 g/mol. The summed E-state index contributed by atoms with van der Waals surface area (Å²) < 4.78 is 34.4. The minimum Gasteiger partial charge on any atom is -0.467 e. The third kappa shape index (κ3) is 14.2. The van der Waals surface area contributed by atoms with Crippen molar-refractivity contribution in [2.24, 2.45) is 0 Å². The van der Waals surface area contributed by atoms with Crippen molar-refractivity contribution in [2.75, 3.05) is 67.3 Å². The standard InChI is InChI=1S/C65H67Cl2N5O16/c1-83-64(81)52-27-41(73)29-60(87-52)85-50-31-48-62(45-12-7-5-10-43(45)50)39(33-66)35-71(48)58(79)19-16-37-15-17-38(47(26-37)69-55(76)23-24-68-54(75)14-4-3-9-25-70-56(77)21-22-57(70)78)18-20-59(80)72-36-40(34-67)63-46-13-8-6-11-44(46)51(32-49(63)72)86-61-30-42(74)28-53(88-61)65(82)84-2/h5-8,10-13,15-22,26,31-32,39-42,52-53,60-61,73-74H,3-4,9,14,23-25,27-30,33-36H2,1-2H3,(H,68,75)(H,69,76)/b19-16+,20-18+/t39-,40-,41+,42+,52+,53+,60-,61-/m1/s1. The molecule has 0 bridgehead atoms. The van der Waals surface area contributed by atoms with E-state index in [9.17, 15) is 48.6 Å². The van der Waals surface area contributed by atoms with E-state index in [1.54, 1.807) is 52.3 Å². The van der Waals surface area contributed by atoms with Gasteiger partial charge >= 0.3 is 11.9 Å². The Labute approximate surface area is 517 Å². The highest BCUT2D eigenvalue weighted by molar-refractivity contribution is 6.20. The lowest BCUT2D eigenvalue weighted by atomic mass is 9.95. The van der Waals surface area contributed by atoms with E-state index in [0.717, 1.165) is 26.8 Å². The number of aliphatic hydroxyl groups is 2. The summed E-state index contributed by atoms with van der Waals surface area (Å²) >= 11 is 13.2. The fourth-order valence-corrected chi connectivity index (χ4v) is 12.4. The molecule has 10 rings (SSSR count). The molecular weight excluding hydrogens is 1180 g/mol. The number of rotatable bonds is 22. The molecule has 2 saturated heterocycles. The Hall–Kier alpha value is -8.18. The van der Waals surface area contributed by atoms with Gasteiger partial charge in [0.25, 0.3) is 23.6 Å². The van der Waals surface area contributed by atoms with E-state index in [2.05, 4.69) is 10.6 Å². The minimum absolute atomic E-state index is 0.00691. The van der Waals surface area contributed by atoms with Gasteiger partial charge in [-0.2, -0.15) is 0 Å². The predicted molar refractivity (Wildman–Crippen MR) is 328 cm³/mol. The molecule has 5 aromatic carbocycles. The molecule has 8 atom stereocenters. The molecular formula is C65H67Cl2N5O16. The number of imide groups is 1. The summed E-state index contributed by atoms with van der Waals surface area (Å²) in [6, 6.07) is 23.5. The predicted octanol–water partition coefficient (Wildman–Crippen LogP) is 7.52. The van der Waals surface area contributed by atoms with Gasteiger partial charge in [0.1, 0.15) is 11.5 Å². The lowest BCUT2D eigenvalue weighted by Crippen LogP contribution is -2.43. The van der Waals surface area contributed by atoms with Crippen LogP contribution in [-0.4, -0.2) is 152 Å². The molecule has 21 nitrogen and oxygen atoms in total.